The summed E-state index contributed by atoms with van der Waals surface area (Å²) in [6.07, 6.45) is 2.68. The van der Waals surface area contributed by atoms with Crippen LogP contribution in [-0.4, -0.2) is 38.2 Å². The summed E-state index contributed by atoms with van der Waals surface area (Å²) in [5.41, 5.74) is 0.684. The summed E-state index contributed by atoms with van der Waals surface area (Å²) in [7, 11) is 3.01. The summed E-state index contributed by atoms with van der Waals surface area (Å²) < 4.78 is 21.7. The molecule has 1 fully saturated rings. The molecule has 32 heavy (non-hydrogen) atoms. The Labute approximate surface area is 189 Å². The molecule has 1 aromatic carbocycles. The molecule has 1 N–H and O–H groups in total. The monoisotopic (exact) mass is 456 g/mol. The molecule has 4 rings (SSSR count). The second kappa shape index (κ2) is 9.24. The maximum absolute atomic E-state index is 12.9. The molecule has 0 aliphatic carbocycles. The quantitative estimate of drug-likeness (QED) is 0.582. The minimum atomic E-state index is -0.212. The summed E-state index contributed by atoms with van der Waals surface area (Å²) >= 11 is 6.13. The van der Waals surface area contributed by atoms with E-state index in [1.807, 2.05) is 4.90 Å². The van der Waals surface area contributed by atoms with Crippen molar-refractivity contribution in [2.75, 3.05) is 37.5 Å². The molecular formula is C22H21ClN4O5. The topological polar surface area (TPSA) is 114 Å². The Morgan fingerprint density at radius 3 is 2.66 bits per heavy atom. The number of carbonyl (C=O) groups excluding carboxylic acids is 1. The van der Waals surface area contributed by atoms with Crippen molar-refractivity contribution in [1.82, 2.24) is 4.98 Å². The second-order valence-electron chi connectivity index (χ2n) is 7.20. The minimum absolute atomic E-state index is 0.123. The first-order valence-corrected chi connectivity index (χ1v) is 10.3. The number of carbonyl (C=O) groups is 1. The van der Waals surface area contributed by atoms with Gasteiger partial charge in [-0.25, -0.2) is 0 Å². The van der Waals surface area contributed by atoms with E-state index in [9.17, 15) is 10.1 Å². The summed E-state index contributed by atoms with van der Waals surface area (Å²) in [6, 6.07) is 8.74. The molecular weight excluding hydrogens is 436 g/mol. The number of piperidine rings is 1. The van der Waals surface area contributed by atoms with Crippen molar-refractivity contribution in [3.63, 3.8) is 0 Å². The highest BCUT2D eigenvalue weighted by Crippen LogP contribution is 2.37. The average molecular weight is 457 g/mol. The first-order valence-electron chi connectivity index (χ1n) is 9.96. The predicted octanol–water partition coefficient (Wildman–Crippen LogP) is 4.33. The molecule has 0 unspecified atom stereocenters. The second-order valence-corrected chi connectivity index (χ2v) is 7.61. The molecule has 1 aliphatic rings. The van der Waals surface area contributed by atoms with Crippen LogP contribution in [0.4, 0.5) is 11.6 Å². The third kappa shape index (κ3) is 4.22. The Bertz CT molecular complexity index is 1140. The van der Waals surface area contributed by atoms with Gasteiger partial charge >= 0.3 is 0 Å². The van der Waals surface area contributed by atoms with Crippen LogP contribution in [0.3, 0.4) is 0 Å². The van der Waals surface area contributed by atoms with Crippen molar-refractivity contribution < 1.29 is 23.1 Å². The zero-order valence-electron chi connectivity index (χ0n) is 17.6. The van der Waals surface area contributed by atoms with Crippen LogP contribution in [0.5, 0.6) is 11.5 Å². The van der Waals surface area contributed by atoms with Gasteiger partial charge in [0.2, 0.25) is 17.5 Å². The minimum Gasteiger partial charge on any atom is -0.495 e. The highest BCUT2D eigenvalue weighted by atomic mass is 35.5. The number of oxazole rings is 1. The zero-order chi connectivity index (χ0) is 22.7. The molecule has 1 aliphatic heterocycles. The van der Waals surface area contributed by atoms with Gasteiger partial charge in [-0.2, -0.15) is 10.2 Å². The van der Waals surface area contributed by atoms with Gasteiger partial charge in [-0.05, 0) is 25.0 Å². The largest absolute Gasteiger partial charge is 0.495 e. The lowest BCUT2D eigenvalue weighted by molar-refractivity contribution is -0.120. The average Bonchev–Trinajstić information content (AvgIpc) is 3.50. The number of amides is 1. The number of halogens is 1. The molecule has 3 aromatic rings. The lowest BCUT2D eigenvalue weighted by atomic mass is 9.95. The normalized spacial score (nSPS) is 14.1. The van der Waals surface area contributed by atoms with E-state index in [1.54, 1.807) is 24.3 Å². The van der Waals surface area contributed by atoms with Crippen molar-refractivity contribution in [2.24, 2.45) is 5.92 Å². The van der Waals surface area contributed by atoms with Crippen LogP contribution in [-0.2, 0) is 4.79 Å². The number of ether oxygens (including phenoxy) is 2. The van der Waals surface area contributed by atoms with E-state index >= 15 is 0 Å². The highest BCUT2D eigenvalue weighted by Gasteiger charge is 2.30. The third-order valence-electron chi connectivity index (χ3n) is 5.33. The Morgan fingerprint density at radius 1 is 1.28 bits per heavy atom. The molecule has 166 valence electrons. The number of hydrogen-bond acceptors (Lipinski definition) is 8. The lowest BCUT2D eigenvalue weighted by Crippen LogP contribution is -2.38. The molecule has 3 heterocycles. The molecule has 1 amide bonds. The van der Waals surface area contributed by atoms with Gasteiger partial charge < -0.3 is 28.5 Å². The number of anilines is 2. The number of rotatable bonds is 6. The maximum Gasteiger partial charge on any atom is 0.266 e. The van der Waals surface area contributed by atoms with Gasteiger partial charge in [0.1, 0.15) is 17.6 Å². The van der Waals surface area contributed by atoms with Crippen LogP contribution in [0, 0.1) is 17.2 Å². The van der Waals surface area contributed by atoms with Gasteiger partial charge in [0, 0.05) is 31.1 Å². The van der Waals surface area contributed by atoms with Crippen LogP contribution >= 0.6 is 11.6 Å². The number of nitrogens with zero attached hydrogens (tertiary/aromatic N) is 3. The third-order valence-corrected chi connectivity index (χ3v) is 5.63. The molecule has 0 atom stereocenters. The summed E-state index contributed by atoms with van der Waals surface area (Å²) in [5.74, 6) is 1.66. The van der Waals surface area contributed by atoms with Gasteiger partial charge in [0.05, 0.1) is 31.2 Å². The van der Waals surface area contributed by atoms with Crippen molar-refractivity contribution in [1.29, 1.82) is 5.26 Å². The molecule has 0 spiro atoms. The molecule has 10 heteroatoms. The van der Waals surface area contributed by atoms with Gasteiger partial charge in [-0.1, -0.05) is 11.6 Å². The van der Waals surface area contributed by atoms with E-state index in [-0.39, 0.29) is 23.4 Å². The van der Waals surface area contributed by atoms with Crippen LogP contribution < -0.4 is 19.7 Å². The zero-order valence-corrected chi connectivity index (χ0v) is 18.3. The van der Waals surface area contributed by atoms with E-state index in [0.717, 1.165) is 0 Å². The SMILES string of the molecule is COc1cc(NC(=O)C2CCN(c3oc(-c4ccco4)nc3C#N)CC2)c(OC)cc1Cl. The van der Waals surface area contributed by atoms with Crippen molar-refractivity contribution in [3.05, 3.63) is 41.2 Å². The molecule has 1 saturated heterocycles. The maximum atomic E-state index is 12.9. The Balaban J connectivity index is 1.43. The Kier molecular flexibility index (Phi) is 6.23. The molecule has 9 nitrogen and oxygen atoms in total. The number of aromatic nitrogens is 1. The fourth-order valence-electron chi connectivity index (χ4n) is 3.64. The van der Waals surface area contributed by atoms with E-state index in [2.05, 4.69) is 16.4 Å². The molecule has 0 bridgehead atoms. The fraction of sp³-hybridized carbons (Fsp3) is 0.318. The molecule has 0 saturated carbocycles. The van der Waals surface area contributed by atoms with Gasteiger partial charge in [0.15, 0.2) is 5.76 Å². The first kappa shape index (κ1) is 21.6. The van der Waals surface area contributed by atoms with Gasteiger partial charge in [-0.3, -0.25) is 4.79 Å². The van der Waals surface area contributed by atoms with Crippen LogP contribution in [0.25, 0.3) is 11.7 Å². The van der Waals surface area contributed by atoms with E-state index in [0.29, 0.717) is 59.8 Å². The predicted molar refractivity (Wildman–Crippen MR) is 117 cm³/mol. The van der Waals surface area contributed by atoms with Crippen LogP contribution in [0.15, 0.2) is 39.4 Å². The first-order chi connectivity index (χ1) is 15.5. The lowest BCUT2D eigenvalue weighted by Gasteiger charge is -2.31. The highest BCUT2D eigenvalue weighted by molar-refractivity contribution is 6.32. The standard InChI is InChI=1S/C22H21ClN4O5/c1-29-18-11-15(19(30-2)10-14(18)23)25-20(28)13-5-7-27(8-6-13)22-16(12-24)26-21(32-22)17-4-3-9-31-17/h3-4,9-11,13H,5-8H2,1-2H3,(H,25,28). The van der Waals surface area contributed by atoms with Crippen LogP contribution in [0.1, 0.15) is 18.5 Å². The summed E-state index contributed by atoms with van der Waals surface area (Å²) in [6.45, 7) is 1.08. The van der Waals surface area contributed by atoms with Crippen molar-refractivity contribution in [2.45, 2.75) is 12.8 Å². The summed E-state index contributed by atoms with van der Waals surface area (Å²) in [5, 5.41) is 12.8. The fourth-order valence-corrected chi connectivity index (χ4v) is 3.87. The van der Waals surface area contributed by atoms with Gasteiger partial charge in [0.25, 0.3) is 5.89 Å². The van der Waals surface area contributed by atoms with Crippen molar-refractivity contribution in [3.8, 4) is 29.2 Å². The van der Waals surface area contributed by atoms with Crippen LogP contribution in [0.2, 0.25) is 5.02 Å². The molecule has 0 radical (unpaired) electrons. The van der Waals surface area contributed by atoms with E-state index in [1.165, 1.54) is 20.5 Å². The van der Waals surface area contributed by atoms with Gasteiger partial charge in [-0.15, -0.1) is 0 Å². The molecule has 2 aromatic heterocycles. The number of nitriles is 1. The number of methoxy groups -OCH3 is 2. The Hall–Kier alpha value is -3.64. The smallest absolute Gasteiger partial charge is 0.266 e. The number of nitrogens with one attached hydrogen (secondary N) is 1. The Morgan fingerprint density at radius 2 is 2.03 bits per heavy atom. The van der Waals surface area contributed by atoms with E-state index in [4.69, 9.17) is 29.9 Å². The van der Waals surface area contributed by atoms with E-state index < -0.39 is 0 Å². The number of furan rings is 1. The summed E-state index contributed by atoms with van der Waals surface area (Å²) in [4.78, 5) is 19.0. The number of benzene rings is 1. The van der Waals surface area contributed by atoms with Crippen molar-refractivity contribution >= 4 is 29.1 Å². The number of hydrogen-bond donors (Lipinski definition) is 1.